The van der Waals surface area contributed by atoms with Crippen molar-refractivity contribution in [3.05, 3.63) is 0 Å². The van der Waals surface area contributed by atoms with Crippen molar-refractivity contribution in [2.45, 2.75) is 20.3 Å². The van der Waals surface area contributed by atoms with Crippen LogP contribution in [-0.4, -0.2) is 24.2 Å². The van der Waals surface area contributed by atoms with Crippen LogP contribution in [0.2, 0.25) is 0 Å². The molecule has 0 aliphatic heterocycles. The van der Waals surface area contributed by atoms with Crippen LogP contribution in [0, 0.1) is 5.92 Å². The Balaban J connectivity index is 3.42. The second-order valence-corrected chi connectivity index (χ2v) is 2.43. The molecular weight excluding hydrogens is 130 g/mol. The monoisotopic (exact) mass is 146 g/mol. The van der Waals surface area contributed by atoms with E-state index in [1.807, 2.05) is 13.8 Å². The number of quaternary nitrogens is 1. The van der Waals surface area contributed by atoms with Gasteiger partial charge in [0.1, 0.15) is 6.54 Å². The van der Waals surface area contributed by atoms with Crippen LogP contribution in [-0.2, 0) is 4.79 Å². The Morgan fingerprint density at radius 1 is 1.70 bits per heavy atom. The van der Waals surface area contributed by atoms with Gasteiger partial charge in [0.15, 0.2) is 0 Å². The van der Waals surface area contributed by atoms with Gasteiger partial charge in [-0.15, -0.1) is 0 Å². The van der Waals surface area contributed by atoms with Crippen LogP contribution in [0.3, 0.4) is 0 Å². The fraction of sp³-hybridized carbons (Fsp3) is 0.857. The zero-order valence-corrected chi connectivity index (χ0v) is 6.63. The number of nitrogens with two attached hydrogens (primary N) is 1. The minimum absolute atomic E-state index is 0.0716. The van der Waals surface area contributed by atoms with Gasteiger partial charge in [0.05, 0.1) is 12.5 Å². The van der Waals surface area contributed by atoms with E-state index >= 15 is 0 Å². The standard InChI is InChI=1S/C7H15NO2/c1-3-6(2)7(10)8-4-5-9/h6,9H,3-5H2,1-2H3,(H,8,10)/p+1. The van der Waals surface area contributed by atoms with E-state index in [0.717, 1.165) is 6.42 Å². The summed E-state index contributed by atoms with van der Waals surface area (Å²) >= 11 is 0. The third kappa shape index (κ3) is 3.58. The Bertz CT molecular complexity index is 104. The molecule has 3 N–H and O–H groups in total. The number of amides is 1. The van der Waals surface area contributed by atoms with E-state index in [1.165, 1.54) is 0 Å². The van der Waals surface area contributed by atoms with E-state index in [-0.39, 0.29) is 18.4 Å². The molecule has 0 aliphatic rings. The van der Waals surface area contributed by atoms with Crippen molar-refractivity contribution in [3.8, 4) is 0 Å². The molecule has 0 heterocycles. The number of hydrogen-bond acceptors (Lipinski definition) is 2. The van der Waals surface area contributed by atoms with E-state index in [4.69, 9.17) is 5.11 Å². The van der Waals surface area contributed by atoms with Crippen molar-refractivity contribution in [1.82, 2.24) is 0 Å². The summed E-state index contributed by atoms with van der Waals surface area (Å²) in [5.41, 5.74) is 0. The summed E-state index contributed by atoms with van der Waals surface area (Å²) in [6, 6.07) is 0. The van der Waals surface area contributed by atoms with Crippen molar-refractivity contribution in [1.29, 1.82) is 0 Å². The topological polar surface area (TPSA) is 53.9 Å². The summed E-state index contributed by atoms with van der Waals surface area (Å²) in [6.45, 7) is 4.44. The van der Waals surface area contributed by atoms with Crippen molar-refractivity contribution in [3.63, 3.8) is 0 Å². The number of hydrogen-bond donors (Lipinski definition) is 2. The number of rotatable bonds is 4. The maximum absolute atomic E-state index is 11.0. The lowest BCUT2D eigenvalue weighted by Gasteiger charge is -2.02. The molecule has 0 spiro atoms. The van der Waals surface area contributed by atoms with Gasteiger partial charge in [-0.25, -0.2) is 4.79 Å². The smallest absolute Gasteiger partial charge is 0.313 e. The largest absolute Gasteiger partial charge is 0.391 e. The van der Waals surface area contributed by atoms with Crippen LogP contribution in [0.4, 0.5) is 0 Å². The zero-order valence-electron chi connectivity index (χ0n) is 6.63. The highest BCUT2D eigenvalue weighted by Crippen LogP contribution is 1.95. The number of aliphatic hydroxyl groups is 1. The van der Waals surface area contributed by atoms with Crippen LogP contribution >= 0.6 is 0 Å². The second-order valence-electron chi connectivity index (χ2n) is 2.43. The summed E-state index contributed by atoms with van der Waals surface area (Å²) in [7, 11) is 0. The molecule has 0 radical (unpaired) electrons. The molecule has 0 bridgehead atoms. The highest BCUT2D eigenvalue weighted by molar-refractivity contribution is 5.67. The van der Waals surface area contributed by atoms with Crippen molar-refractivity contribution in [2.24, 2.45) is 5.92 Å². The molecule has 3 heteroatoms. The van der Waals surface area contributed by atoms with Gasteiger partial charge in [-0.3, -0.25) is 5.32 Å². The average Bonchev–Trinajstić information content (AvgIpc) is 1.98. The van der Waals surface area contributed by atoms with E-state index in [1.54, 1.807) is 5.32 Å². The predicted octanol–water partition coefficient (Wildman–Crippen LogP) is -0.885. The Hall–Kier alpha value is -0.410. The van der Waals surface area contributed by atoms with Gasteiger partial charge in [-0.05, 0) is 13.3 Å². The third-order valence-corrected chi connectivity index (χ3v) is 1.57. The van der Waals surface area contributed by atoms with Gasteiger partial charge in [0.2, 0.25) is 0 Å². The third-order valence-electron chi connectivity index (χ3n) is 1.57. The van der Waals surface area contributed by atoms with Gasteiger partial charge >= 0.3 is 5.91 Å². The van der Waals surface area contributed by atoms with E-state index in [0.29, 0.717) is 6.54 Å². The lowest BCUT2D eigenvalue weighted by atomic mass is 10.1. The Kier molecular flexibility index (Phi) is 5.16. The molecule has 0 aromatic rings. The molecule has 0 saturated heterocycles. The van der Waals surface area contributed by atoms with Crippen molar-refractivity contribution in [2.75, 3.05) is 13.2 Å². The average molecular weight is 146 g/mol. The highest BCUT2D eigenvalue weighted by atomic mass is 16.3. The molecule has 0 aliphatic carbocycles. The second kappa shape index (κ2) is 5.38. The Labute approximate surface area is 61.4 Å². The van der Waals surface area contributed by atoms with Crippen molar-refractivity contribution >= 4 is 5.91 Å². The Morgan fingerprint density at radius 2 is 2.30 bits per heavy atom. The first kappa shape index (κ1) is 9.59. The normalized spacial score (nSPS) is 13.1. The summed E-state index contributed by atoms with van der Waals surface area (Å²) < 4.78 is 0. The number of primary amides is 1. The molecule has 1 unspecified atom stereocenters. The maximum atomic E-state index is 11.0. The zero-order chi connectivity index (χ0) is 7.98. The summed E-state index contributed by atoms with van der Waals surface area (Å²) in [4.78, 5) is 11.0. The first-order valence-corrected chi connectivity index (χ1v) is 3.70. The molecule has 60 valence electrons. The first-order chi connectivity index (χ1) is 4.72. The highest BCUT2D eigenvalue weighted by Gasteiger charge is 2.12. The summed E-state index contributed by atoms with van der Waals surface area (Å²) in [5, 5.41) is 9.95. The van der Waals surface area contributed by atoms with Gasteiger partial charge in [-0.1, -0.05) is 6.92 Å². The lowest BCUT2D eigenvalue weighted by Crippen LogP contribution is -2.90. The van der Waals surface area contributed by atoms with Crippen LogP contribution in [0.5, 0.6) is 0 Å². The molecule has 3 nitrogen and oxygen atoms in total. The molecule has 0 aromatic carbocycles. The molecule has 0 saturated carbocycles. The maximum Gasteiger partial charge on any atom is 0.313 e. The van der Waals surface area contributed by atoms with Crippen LogP contribution in [0.1, 0.15) is 20.3 Å². The molecule has 0 aromatic heterocycles. The number of carbonyl (C=O) groups is 1. The minimum atomic E-state index is 0.0716. The molecule has 0 rings (SSSR count). The van der Waals surface area contributed by atoms with E-state index in [2.05, 4.69) is 0 Å². The quantitative estimate of drug-likeness (QED) is 0.541. The predicted molar refractivity (Wildman–Crippen MR) is 38.3 cm³/mol. The Morgan fingerprint density at radius 3 is 2.70 bits per heavy atom. The molecule has 1 amide bonds. The van der Waals surface area contributed by atoms with E-state index in [9.17, 15) is 4.79 Å². The molecular formula is C7H16NO2+. The fourth-order valence-electron chi connectivity index (χ4n) is 0.609. The van der Waals surface area contributed by atoms with Crippen LogP contribution < -0.4 is 5.32 Å². The SMILES string of the molecule is CCC(C)C(=O)[NH2+]CCO. The molecule has 1 atom stereocenters. The number of carbonyl (C=O) groups excluding carboxylic acids is 1. The van der Waals surface area contributed by atoms with Crippen LogP contribution in [0.15, 0.2) is 0 Å². The summed E-state index contributed by atoms with van der Waals surface area (Å²) in [5.74, 6) is 0.267. The van der Waals surface area contributed by atoms with Crippen LogP contribution in [0.25, 0.3) is 0 Å². The number of aliphatic hydroxyl groups excluding tert-OH is 1. The van der Waals surface area contributed by atoms with Gasteiger partial charge in [0.25, 0.3) is 0 Å². The first-order valence-electron chi connectivity index (χ1n) is 3.70. The molecule has 0 fully saturated rings. The van der Waals surface area contributed by atoms with Gasteiger partial charge in [-0.2, -0.15) is 0 Å². The van der Waals surface area contributed by atoms with Gasteiger partial charge < -0.3 is 5.11 Å². The minimum Gasteiger partial charge on any atom is -0.391 e. The van der Waals surface area contributed by atoms with Crippen molar-refractivity contribution < 1.29 is 15.2 Å². The fourth-order valence-corrected chi connectivity index (χ4v) is 0.609. The lowest BCUT2D eigenvalue weighted by molar-refractivity contribution is -0.573. The van der Waals surface area contributed by atoms with E-state index < -0.39 is 0 Å². The van der Waals surface area contributed by atoms with Gasteiger partial charge in [0, 0.05) is 0 Å². The molecule has 10 heavy (non-hydrogen) atoms. The summed E-state index contributed by atoms with van der Waals surface area (Å²) in [6.07, 6.45) is 0.876.